The summed E-state index contributed by atoms with van der Waals surface area (Å²) < 4.78 is 26.6. The minimum Gasteiger partial charge on any atom is -0.349 e. The van der Waals surface area contributed by atoms with Crippen molar-refractivity contribution in [3.8, 4) is 0 Å². The molecule has 8 heteroatoms. The highest BCUT2D eigenvalue weighted by Gasteiger charge is 2.31. The fourth-order valence-electron chi connectivity index (χ4n) is 3.07. The molecule has 0 saturated carbocycles. The van der Waals surface area contributed by atoms with Gasteiger partial charge in [0, 0.05) is 30.9 Å². The van der Waals surface area contributed by atoms with Crippen molar-refractivity contribution in [3.63, 3.8) is 0 Å². The topological polar surface area (TPSA) is 84.3 Å². The Balaban J connectivity index is 2.02. The number of amides is 1. The van der Waals surface area contributed by atoms with Crippen LogP contribution in [-0.4, -0.2) is 47.8 Å². The van der Waals surface area contributed by atoms with Crippen LogP contribution in [0.5, 0.6) is 0 Å². The molecule has 2 rings (SSSR count). The van der Waals surface area contributed by atoms with Gasteiger partial charge in [-0.05, 0) is 33.6 Å². The van der Waals surface area contributed by atoms with E-state index in [0.29, 0.717) is 13.0 Å². The van der Waals surface area contributed by atoms with Crippen LogP contribution in [0, 0.1) is 12.8 Å². The molecule has 1 fully saturated rings. The van der Waals surface area contributed by atoms with Crippen molar-refractivity contribution in [1.82, 2.24) is 19.4 Å². The number of sulfonamides is 1. The van der Waals surface area contributed by atoms with Gasteiger partial charge in [-0.2, -0.15) is 5.10 Å². The Kier molecular flexibility index (Phi) is 5.46. The van der Waals surface area contributed by atoms with Crippen molar-refractivity contribution < 1.29 is 13.2 Å². The van der Waals surface area contributed by atoms with Crippen LogP contribution in [0.1, 0.15) is 44.0 Å². The summed E-state index contributed by atoms with van der Waals surface area (Å²) in [4.78, 5) is 12.5. The van der Waals surface area contributed by atoms with Gasteiger partial charge in [0.1, 0.15) is 0 Å². The molecule has 7 nitrogen and oxygen atoms in total. The largest absolute Gasteiger partial charge is 0.349 e. The van der Waals surface area contributed by atoms with Crippen LogP contribution >= 0.6 is 0 Å². The van der Waals surface area contributed by atoms with Crippen molar-refractivity contribution in [2.45, 2.75) is 46.2 Å². The van der Waals surface area contributed by atoms with Gasteiger partial charge in [0.05, 0.1) is 24.4 Å². The molecule has 1 aliphatic heterocycles. The maximum absolute atomic E-state index is 12.5. The zero-order valence-corrected chi connectivity index (χ0v) is 15.1. The van der Waals surface area contributed by atoms with Crippen molar-refractivity contribution in [2.75, 3.05) is 19.3 Å². The standard InChI is InChI=1S/C15H26N4O3S/c1-5-19-12(3)14(9-16-19)11(2)17-15(20)13-7-6-8-18(10-13)23(4,21)22/h9,11,13H,5-8,10H2,1-4H3,(H,17,20)/t11-,13-/m1/s1. The molecule has 1 aromatic rings. The average molecular weight is 342 g/mol. The van der Waals surface area contributed by atoms with Crippen LogP contribution in [0.2, 0.25) is 0 Å². The zero-order valence-electron chi connectivity index (χ0n) is 14.2. The minimum absolute atomic E-state index is 0.0884. The predicted octanol–water partition coefficient (Wildman–Crippen LogP) is 1.06. The molecule has 0 bridgehead atoms. The first kappa shape index (κ1) is 17.9. The van der Waals surface area contributed by atoms with E-state index < -0.39 is 10.0 Å². The highest BCUT2D eigenvalue weighted by atomic mass is 32.2. The molecule has 130 valence electrons. The Labute approximate surface area is 138 Å². The van der Waals surface area contributed by atoms with E-state index in [1.54, 1.807) is 6.20 Å². The molecule has 1 N–H and O–H groups in total. The van der Waals surface area contributed by atoms with E-state index in [4.69, 9.17) is 0 Å². The quantitative estimate of drug-likeness (QED) is 0.867. The van der Waals surface area contributed by atoms with Crippen LogP contribution in [0.3, 0.4) is 0 Å². The summed E-state index contributed by atoms with van der Waals surface area (Å²) in [5.74, 6) is -0.378. The number of piperidine rings is 1. The van der Waals surface area contributed by atoms with E-state index >= 15 is 0 Å². The predicted molar refractivity (Wildman–Crippen MR) is 88.3 cm³/mol. The van der Waals surface area contributed by atoms with Crippen LogP contribution in [0.4, 0.5) is 0 Å². The lowest BCUT2D eigenvalue weighted by atomic mass is 9.98. The third kappa shape index (κ3) is 4.11. The summed E-state index contributed by atoms with van der Waals surface area (Å²) in [7, 11) is -3.24. The number of carbonyl (C=O) groups excluding carboxylic acids is 1. The van der Waals surface area contributed by atoms with Crippen LogP contribution in [0.25, 0.3) is 0 Å². The molecule has 0 spiro atoms. The number of hydrogen-bond acceptors (Lipinski definition) is 4. The number of rotatable bonds is 5. The molecule has 1 amide bonds. The summed E-state index contributed by atoms with van der Waals surface area (Å²) in [5.41, 5.74) is 2.04. The van der Waals surface area contributed by atoms with E-state index in [1.165, 1.54) is 10.6 Å². The Bertz CT molecular complexity index is 668. The molecule has 2 heterocycles. The van der Waals surface area contributed by atoms with Crippen LogP contribution < -0.4 is 5.32 Å². The lowest BCUT2D eigenvalue weighted by Gasteiger charge is -2.30. The van der Waals surface area contributed by atoms with Crippen LogP contribution in [-0.2, 0) is 21.4 Å². The summed E-state index contributed by atoms with van der Waals surface area (Å²) >= 11 is 0. The molecule has 2 atom stereocenters. The molecule has 0 unspecified atom stereocenters. The molecule has 0 aliphatic carbocycles. The van der Waals surface area contributed by atoms with Gasteiger partial charge in [-0.3, -0.25) is 9.48 Å². The minimum atomic E-state index is -3.24. The third-order valence-corrected chi connectivity index (χ3v) is 5.76. The number of carbonyl (C=O) groups is 1. The highest BCUT2D eigenvalue weighted by molar-refractivity contribution is 7.88. The molecular weight excluding hydrogens is 316 g/mol. The molecule has 23 heavy (non-hydrogen) atoms. The van der Waals surface area contributed by atoms with Gasteiger partial charge < -0.3 is 5.32 Å². The molecule has 1 saturated heterocycles. The Morgan fingerprint density at radius 1 is 1.52 bits per heavy atom. The van der Waals surface area contributed by atoms with Crippen molar-refractivity contribution in [1.29, 1.82) is 0 Å². The zero-order chi connectivity index (χ0) is 17.2. The second kappa shape index (κ2) is 7.00. The maximum Gasteiger partial charge on any atom is 0.224 e. The van der Waals surface area contributed by atoms with Gasteiger partial charge in [-0.15, -0.1) is 0 Å². The van der Waals surface area contributed by atoms with Gasteiger partial charge in [-0.25, -0.2) is 12.7 Å². The first-order valence-corrected chi connectivity index (χ1v) is 9.86. The van der Waals surface area contributed by atoms with Crippen molar-refractivity contribution in [2.24, 2.45) is 5.92 Å². The first-order valence-electron chi connectivity index (χ1n) is 8.01. The van der Waals surface area contributed by atoms with Gasteiger partial charge in [-0.1, -0.05) is 0 Å². The molecular formula is C15H26N4O3S. The van der Waals surface area contributed by atoms with E-state index in [9.17, 15) is 13.2 Å². The molecule has 1 aliphatic rings. The number of hydrogen-bond donors (Lipinski definition) is 1. The number of aromatic nitrogens is 2. The van der Waals surface area contributed by atoms with E-state index in [1.807, 2.05) is 25.5 Å². The normalized spacial score (nSPS) is 21.1. The summed E-state index contributed by atoms with van der Waals surface area (Å²) in [6, 6.07) is -0.142. The fourth-order valence-corrected chi connectivity index (χ4v) is 3.98. The third-order valence-electron chi connectivity index (χ3n) is 4.49. The molecule has 1 aromatic heterocycles. The van der Waals surface area contributed by atoms with Gasteiger partial charge in [0.15, 0.2) is 0 Å². The van der Waals surface area contributed by atoms with Crippen molar-refractivity contribution in [3.05, 3.63) is 17.5 Å². The SMILES string of the molecule is CCn1ncc([C@@H](C)NC(=O)[C@@H]2CCCN(S(C)(=O)=O)C2)c1C. The lowest BCUT2D eigenvalue weighted by Crippen LogP contribution is -2.45. The summed E-state index contributed by atoms with van der Waals surface area (Å²) in [5, 5.41) is 7.30. The summed E-state index contributed by atoms with van der Waals surface area (Å²) in [6.45, 7) is 7.50. The highest BCUT2D eigenvalue weighted by Crippen LogP contribution is 2.21. The van der Waals surface area contributed by atoms with Crippen LogP contribution in [0.15, 0.2) is 6.20 Å². The Morgan fingerprint density at radius 3 is 2.78 bits per heavy atom. The molecule has 0 radical (unpaired) electrons. The van der Waals surface area contributed by atoms with E-state index in [2.05, 4.69) is 10.4 Å². The number of nitrogens with zero attached hydrogens (tertiary/aromatic N) is 3. The Hall–Kier alpha value is -1.41. The molecule has 0 aromatic carbocycles. The smallest absolute Gasteiger partial charge is 0.224 e. The summed E-state index contributed by atoms with van der Waals surface area (Å²) in [6.07, 6.45) is 4.41. The maximum atomic E-state index is 12.5. The van der Waals surface area contributed by atoms with Gasteiger partial charge in [0.25, 0.3) is 0 Å². The number of nitrogens with one attached hydrogen (secondary N) is 1. The van der Waals surface area contributed by atoms with E-state index in [0.717, 1.165) is 24.2 Å². The first-order chi connectivity index (χ1) is 10.7. The van der Waals surface area contributed by atoms with Gasteiger partial charge >= 0.3 is 0 Å². The second-order valence-corrected chi connectivity index (χ2v) is 8.17. The lowest BCUT2D eigenvalue weighted by molar-refractivity contribution is -0.126. The Morgan fingerprint density at radius 2 is 2.22 bits per heavy atom. The van der Waals surface area contributed by atoms with Gasteiger partial charge in [0.2, 0.25) is 15.9 Å². The van der Waals surface area contributed by atoms with E-state index in [-0.39, 0.29) is 24.4 Å². The second-order valence-electron chi connectivity index (χ2n) is 6.19. The number of aryl methyl sites for hydroxylation is 1. The average Bonchev–Trinajstić information content (AvgIpc) is 2.87. The van der Waals surface area contributed by atoms with Crippen molar-refractivity contribution >= 4 is 15.9 Å². The monoisotopic (exact) mass is 342 g/mol. The fraction of sp³-hybridized carbons (Fsp3) is 0.733.